The van der Waals surface area contributed by atoms with Crippen molar-refractivity contribution in [3.63, 3.8) is 0 Å². The molecule has 144 valence electrons. The van der Waals surface area contributed by atoms with E-state index >= 15 is 0 Å². The number of ketones is 1. The van der Waals surface area contributed by atoms with Gasteiger partial charge in [0.25, 0.3) is 0 Å². The van der Waals surface area contributed by atoms with Crippen molar-refractivity contribution in [3.05, 3.63) is 76.6 Å². The van der Waals surface area contributed by atoms with Crippen molar-refractivity contribution in [2.75, 3.05) is 7.05 Å². The van der Waals surface area contributed by atoms with Gasteiger partial charge in [-0.25, -0.2) is 0 Å². The molecule has 0 atom stereocenters. The highest BCUT2D eigenvalue weighted by Gasteiger charge is 2.29. The average molecular weight is 388 g/mol. The third-order valence-corrected chi connectivity index (χ3v) is 3.84. The summed E-state index contributed by atoms with van der Waals surface area (Å²) >= 11 is 0. The lowest BCUT2D eigenvalue weighted by Gasteiger charge is -2.09. The molecule has 1 heterocycles. The molecule has 3 rings (SSSR count). The van der Waals surface area contributed by atoms with Gasteiger partial charge in [-0.05, 0) is 42.0 Å². The van der Waals surface area contributed by atoms with Crippen LogP contribution in [0.25, 0.3) is 0 Å². The number of aliphatic imine (C=N–C) groups is 1. The highest BCUT2D eigenvalue weighted by atomic mass is 19.4. The number of ether oxygens (including phenoxy) is 1. The molecule has 0 saturated carbocycles. The molecule has 0 unspecified atom stereocenters. The van der Waals surface area contributed by atoms with Crippen molar-refractivity contribution in [1.82, 2.24) is 15.4 Å². The number of H-pyrrole nitrogens is 1. The van der Waals surface area contributed by atoms with Gasteiger partial charge in [0.05, 0.1) is 11.8 Å². The fourth-order valence-corrected chi connectivity index (χ4v) is 2.41. The van der Waals surface area contributed by atoms with Crippen LogP contribution in [0.2, 0.25) is 0 Å². The van der Waals surface area contributed by atoms with Gasteiger partial charge < -0.3 is 4.74 Å². The predicted molar refractivity (Wildman–Crippen MR) is 95.6 cm³/mol. The fraction of sp³-hybridized carbons (Fsp3) is 0.158. The van der Waals surface area contributed by atoms with Gasteiger partial charge in [0, 0.05) is 12.6 Å². The standard InChI is InChI=1S/C19H15F3N4O2/c1-23-10-16-17(25-26-24-16)18(27)13-4-8-15(9-5-13)28-11-12-2-6-14(7-3-12)19(20,21)22/h2-10H,11H2,1H3,(H,24,25,26). The summed E-state index contributed by atoms with van der Waals surface area (Å²) in [6.45, 7) is 0.103. The van der Waals surface area contributed by atoms with Crippen LogP contribution in [-0.4, -0.2) is 34.5 Å². The molecule has 0 bridgehead atoms. The highest BCUT2D eigenvalue weighted by Crippen LogP contribution is 2.29. The SMILES string of the molecule is CN=Cc1n[nH]nc1C(=O)c1ccc(OCc2ccc(C(F)(F)F)cc2)cc1. The van der Waals surface area contributed by atoms with Gasteiger partial charge in [-0.1, -0.05) is 12.1 Å². The molecule has 28 heavy (non-hydrogen) atoms. The molecule has 0 aliphatic rings. The molecule has 0 radical (unpaired) electrons. The molecule has 0 aliphatic heterocycles. The zero-order valence-electron chi connectivity index (χ0n) is 14.7. The minimum atomic E-state index is -4.37. The average Bonchev–Trinajstić information content (AvgIpc) is 3.14. The Morgan fingerprint density at radius 3 is 2.39 bits per heavy atom. The summed E-state index contributed by atoms with van der Waals surface area (Å²) in [4.78, 5) is 16.3. The number of halogens is 3. The highest BCUT2D eigenvalue weighted by molar-refractivity contribution is 6.11. The van der Waals surface area contributed by atoms with E-state index in [-0.39, 0.29) is 18.1 Å². The molecule has 2 aromatic carbocycles. The van der Waals surface area contributed by atoms with Crippen LogP contribution in [0.3, 0.4) is 0 Å². The van der Waals surface area contributed by atoms with E-state index in [0.717, 1.165) is 12.1 Å². The number of carbonyl (C=O) groups excluding carboxylic acids is 1. The summed E-state index contributed by atoms with van der Waals surface area (Å²) < 4.78 is 43.3. The van der Waals surface area contributed by atoms with Crippen molar-refractivity contribution in [1.29, 1.82) is 0 Å². The van der Waals surface area contributed by atoms with Crippen LogP contribution in [0, 0.1) is 0 Å². The molecule has 6 nitrogen and oxygen atoms in total. The molecule has 0 spiro atoms. The number of benzene rings is 2. The molecule has 0 fully saturated rings. The van der Waals surface area contributed by atoms with Crippen LogP contribution in [0.15, 0.2) is 53.5 Å². The summed E-state index contributed by atoms with van der Waals surface area (Å²) in [6.07, 6.45) is -2.94. The van der Waals surface area contributed by atoms with E-state index in [4.69, 9.17) is 4.74 Å². The van der Waals surface area contributed by atoms with E-state index in [2.05, 4.69) is 20.4 Å². The third kappa shape index (κ3) is 4.43. The first kappa shape index (κ1) is 19.3. The van der Waals surface area contributed by atoms with Crippen LogP contribution in [0.1, 0.15) is 32.9 Å². The molecule has 1 aromatic heterocycles. The van der Waals surface area contributed by atoms with E-state index in [1.807, 2.05) is 0 Å². The Hall–Kier alpha value is -3.49. The second kappa shape index (κ2) is 8.03. The fourth-order valence-electron chi connectivity index (χ4n) is 2.41. The summed E-state index contributed by atoms with van der Waals surface area (Å²) in [7, 11) is 1.56. The first-order chi connectivity index (χ1) is 13.4. The summed E-state index contributed by atoms with van der Waals surface area (Å²) in [6, 6.07) is 11.1. The Bertz CT molecular complexity index is 978. The molecule has 1 N–H and O–H groups in total. The number of aromatic nitrogens is 3. The van der Waals surface area contributed by atoms with Gasteiger partial charge in [0.2, 0.25) is 5.78 Å². The number of alkyl halides is 3. The van der Waals surface area contributed by atoms with Crippen LogP contribution < -0.4 is 4.74 Å². The van der Waals surface area contributed by atoms with E-state index in [1.165, 1.54) is 18.3 Å². The normalized spacial score (nSPS) is 11.7. The van der Waals surface area contributed by atoms with Crippen molar-refractivity contribution >= 4 is 12.0 Å². The number of rotatable bonds is 6. The Labute approximate surface area is 158 Å². The number of nitrogens with zero attached hydrogens (tertiary/aromatic N) is 3. The Morgan fingerprint density at radius 2 is 1.79 bits per heavy atom. The lowest BCUT2D eigenvalue weighted by Crippen LogP contribution is -2.06. The number of nitrogens with one attached hydrogen (secondary N) is 1. The minimum absolute atomic E-state index is 0.103. The number of aromatic amines is 1. The summed E-state index contributed by atoms with van der Waals surface area (Å²) in [5.74, 6) is 0.157. The number of hydrogen-bond acceptors (Lipinski definition) is 5. The van der Waals surface area contributed by atoms with Crippen molar-refractivity contribution in [2.45, 2.75) is 12.8 Å². The minimum Gasteiger partial charge on any atom is -0.489 e. The monoisotopic (exact) mass is 388 g/mol. The van der Waals surface area contributed by atoms with Crippen LogP contribution in [0.5, 0.6) is 5.75 Å². The van der Waals surface area contributed by atoms with Crippen LogP contribution in [0.4, 0.5) is 13.2 Å². The largest absolute Gasteiger partial charge is 0.489 e. The van der Waals surface area contributed by atoms with Crippen LogP contribution >= 0.6 is 0 Å². The maximum absolute atomic E-state index is 12.6. The second-order valence-electron chi connectivity index (χ2n) is 5.78. The molecule has 0 aliphatic carbocycles. The number of hydrogen-bond donors (Lipinski definition) is 1. The lowest BCUT2D eigenvalue weighted by atomic mass is 10.1. The third-order valence-electron chi connectivity index (χ3n) is 3.84. The zero-order valence-corrected chi connectivity index (χ0v) is 14.7. The van der Waals surface area contributed by atoms with Crippen molar-refractivity contribution < 1.29 is 22.7 Å². The molecular formula is C19H15F3N4O2. The first-order valence-electron chi connectivity index (χ1n) is 8.15. The van der Waals surface area contributed by atoms with Crippen LogP contribution in [-0.2, 0) is 12.8 Å². The summed E-state index contributed by atoms with van der Waals surface area (Å²) in [5, 5.41) is 10.1. The topological polar surface area (TPSA) is 80.2 Å². The maximum atomic E-state index is 12.6. The van der Waals surface area contributed by atoms with Crippen molar-refractivity contribution in [3.8, 4) is 5.75 Å². The van der Waals surface area contributed by atoms with Crippen molar-refractivity contribution in [2.24, 2.45) is 4.99 Å². The molecule has 9 heteroatoms. The van der Waals surface area contributed by atoms with Gasteiger partial charge in [0.15, 0.2) is 5.69 Å². The van der Waals surface area contributed by atoms with E-state index < -0.39 is 11.7 Å². The quantitative estimate of drug-likeness (QED) is 0.516. The Kier molecular flexibility index (Phi) is 5.53. The summed E-state index contributed by atoms with van der Waals surface area (Å²) in [5.41, 5.74) is 0.777. The molecule has 0 saturated heterocycles. The Morgan fingerprint density at radius 1 is 1.11 bits per heavy atom. The molecule has 0 amide bonds. The second-order valence-corrected chi connectivity index (χ2v) is 5.78. The van der Waals surface area contributed by atoms with Gasteiger partial charge >= 0.3 is 6.18 Å². The van der Waals surface area contributed by atoms with Gasteiger partial charge in [-0.2, -0.15) is 28.6 Å². The number of carbonyl (C=O) groups is 1. The zero-order chi connectivity index (χ0) is 20.1. The Balaban J connectivity index is 1.64. The van der Waals surface area contributed by atoms with Gasteiger partial charge in [-0.3, -0.25) is 9.79 Å². The molecular weight excluding hydrogens is 373 g/mol. The van der Waals surface area contributed by atoms with E-state index in [1.54, 1.807) is 31.3 Å². The lowest BCUT2D eigenvalue weighted by molar-refractivity contribution is -0.137. The first-order valence-corrected chi connectivity index (χ1v) is 8.15. The van der Waals surface area contributed by atoms with Gasteiger partial charge in [-0.15, -0.1) is 0 Å². The smallest absolute Gasteiger partial charge is 0.416 e. The maximum Gasteiger partial charge on any atom is 0.416 e. The van der Waals surface area contributed by atoms with E-state index in [0.29, 0.717) is 22.6 Å². The van der Waals surface area contributed by atoms with Gasteiger partial charge in [0.1, 0.15) is 18.1 Å². The molecule has 3 aromatic rings. The predicted octanol–water partition coefficient (Wildman–Crippen LogP) is 3.68. The van der Waals surface area contributed by atoms with E-state index in [9.17, 15) is 18.0 Å².